The van der Waals surface area contributed by atoms with E-state index in [1.807, 2.05) is 12.3 Å². The lowest BCUT2D eigenvalue weighted by molar-refractivity contribution is -0.175. The predicted octanol–water partition coefficient (Wildman–Crippen LogP) is 1.84. The summed E-state index contributed by atoms with van der Waals surface area (Å²) in [6, 6.07) is 1.87. The van der Waals surface area contributed by atoms with Crippen molar-refractivity contribution in [3.05, 3.63) is 18.5 Å². The van der Waals surface area contributed by atoms with Crippen molar-refractivity contribution < 1.29 is 22.7 Å². The predicted molar refractivity (Wildman–Crippen MR) is 68.5 cm³/mol. The van der Waals surface area contributed by atoms with E-state index in [4.69, 9.17) is 0 Å². The summed E-state index contributed by atoms with van der Waals surface area (Å²) in [6.45, 7) is -0.257. The van der Waals surface area contributed by atoms with E-state index in [2.05, 4.69) is 9.84 Å². The van der Waals surface area contributed by atoms with Crippen LogP contribution in [0.1, 0.15) is 19.3 Å². The minimum atomic E-state index is -4.35. The van der Waals surface area contributed by atoms with Crippen LogP contribution in [0.2, 0.25) is 0 Å². The molecule has 1 aromatic rings. The van der Waals surface area contributed by atoms with Crippen molar-refractivity contribution in [1.29, 1.82) is 0 Å². The summed E-state index contributed by atoms with van der Waals surface area (Å²) >= 11 is 0. The first kappa shape index (κ1) is 15.8. The Kier molecular flexibility index (Phi) is 5.22. The first-order valence-corrected chi connectivity index (χ1v) is 6.87. The molecule has 1 aliphatic heterocycles. The van der Waals surface area contributed by atoms with Crippen LogP contribution in [0.5, 0.6) is 0 Å². The third-order valence-corrected chi connectivity index (χ3v) is 3.38. The number of nitrogens with zero attached hydrogens (tertiary/aromatic N) is 3. The highest BCUT2D eigenvalue weighted by molar-refractivity contribution is 5.76. The van der Waals surface area contributed by atoms with E-state index in [-0.39, 0.29) is 25.0 Å². The number of alkyl halides is 3. The molecule has 0 saturated carbocycles. The Bertz CT molecular complexity index is 448. The maximum Gasteiger partial charge on any atom is 0.411 e. The molecule has 2 rings (SSSR count). The number of carbonyl (C=O) groups excluding carboxylic acids is 1. The Morgan fingerprint density at radius 2 is 2.24 bits per heavy atom. The zero-order chi connectivity index (χ0) is 15.3. The average molecular weight is 305 g/mol. The Hall–Kier alpha value is -1.57. The minimum absolute atomic E-state index is 0.0221. The second-order valence-electron chi connectivity index (χ2n) is 5.03. The van der Waals surface area contributed by atoms with Gasteiger partial charge in [0, 0.05) is 18.9 Å². The van der Waals surface area contributed by atoms with E-state index in [0.29, 0.717) is 13.1 Å². The van der Waals surface area contributed by atoms with Gasteiger partial charge in [0.15, 0.2) is 0 Å². The number of hydrogen-bond donors (Lipinski definition) is 0. The summed E-state index contributed by atoms with van der Waals surface area (Å²) in [7, 11) is 0. The molecule has 21 heavy (non-hydrogen) atoms. The molecule has 0 spiro atoms. The van der Waals surface area contributed by atoms with Gasteiger partial charge in [-0.1, -0.05) is 0 Å². The fourth-order valence-corrected chi connectivity index (χ4v) is 2.47. The van der Waals surface area contributed by atoms with Crippen LogP contribution in [0, 0.1) is 0 Å². The molecule has 0 aromatic carbocycles. The Morgan fingerprint density at radius 1 is 1.43 bits per heavy atom. The summed E-state index contributed by atoms with van der Waals surface area (Å²) in [6.07, 6.45) is 0.917. The van der Waals surface area contributed by atoms with Crippen LogP contribution in [-0.2, 0) is 16.1 Å². The van der Waals surface area contributed by atoms with Crippen LogP contribution >= 0.6 is 0 Å². The number of hydrogen-bond acceptors (Lipinski definition) is 3. The molecule has 1 amide bonds. The van der Waals surface area contributed by atoms with Crippen LogP contribution < -0.4 is 0 Å². The van der Waals surface area contributed by atoms with Gasteiger partial charge in [-0.2, -0.15) is 18.3 Å². The zero-order valence-corrected chi connectivity index (χ0v) is 11.6. The first-order chi connectivity index (χ1) is 9.96. The van der Waals surface area contributed by atoms with E-state index >= 15 is 0 Å². The van der Waals surface area contributed by atoms with Crippen molar-refractivity contribution in [2.75, 3.05) is 19.8 Å². The van der Waals surface area contributed by atoms with Gasteiger partial charge in [0.05, 0.1) is 25.6 Å². The molecule has 1 saturated heterocycles. The van der Waals surface area contributed by atoms with Gasteiger partial charge in [0.2, 0.25) is 5.91 Å². The summed E-state index contributed by atoms with van der Waals surface area (Å²) < 4.78 is 42.0. The van der Waals surface area contributed by atoms with Gasteiger partial charge in [-0.05, 0) is 18.9 Å². The van der Waals surface area contributed by atoms with Crippen LogP contribution in [0.4, 0.5) is 13.2 Å². The summed E-state index contributed by atoms with van der Waals surface area (Å²) in [5.74, 6) is -0.160. The summed E-state index contributed by atoms with van der Waals surface area (Å²) in [4.78, 5) is 13.8. The molecular weight excluding hydrogens is 287 g/mol. The standard InChI is InChI=1S/C13H18F3N3O2/c14-13(15,16)10-21-8-4-12(20)19-7-1-3-11(19)9-18-6-2-5-17-18/h2,5-6,11H,1,3-4,7-10H2/t11-/m0/s1. The van der Waals surface area contributed by atoms with Crippen LogP contribution in [0.25, 0.3) is 0 Å². The van der Waals surface area contributed by atoms with Crippen LogP contribution in [0.3, 0.4) is 0 Å². The Balaban J connectivity index is 1.75. The number of aromatic nitrogens is 2. The smallest absolute Gasteiger partial charge is 0.372 e. The largest absolute Gasteiger partial charge is 0.411 e. The highest BCUT2D eigenvalue weighted by Crippen LogP contribution is 2.20. The van der Waals surface area contributed by atoms with Crippen LogP contribution in [0.15, 0.2) is 18.5 Å². The van der Waals surface area contributed by atoms with Crippen molar-refractivity contribution >= 4 is 5.91 Å². The molecule has 1 atom stereocenters. The Labute approximate surface area is 120 Å². The monoisotopic (exact) mass is 305 g/mol. The molecule has 8 heteroatoms. The van der Waals surface area contributed by atoms with Crippen molar-refractivity contribution in [3.8, 4) is 0 Å². The number of amides is 1. The summed E-state index contributed by atoms with van der Waals surface area (Å²) in [5.41, 5.74) is 0. The molecular formula is C13H18F3N3O2. The van der Waals surface area contributed by atoms with Crippen molar-refractivity contribution in [2.45, 2.75) is 38.0 Å². The fraction of sp³-hybridized carbons (Fsp3) is 0.692. The Morgan fingerprint density at radius 3 is 2.90 bits per heavy atom. The third kappa shape index (κ3) is 5.04. The second-order valence-corrected chi connectivity index (χ2v) is 5.03. The third-order valence-electron chi connectivity index (χ3n) is 3.38. The maximum atomic E-state index is 12.0. The lowest BCUT2D eigenvalue weighted by atomic mass is 10.2. The first-order valence-electron chi connectivity index (χ1n) is 6.87. The maximum absolute atomic E-state index is 12.0. The number of likely N-dealkylation sites (tertiary alicyclic amines) is 1. The molecule has 2 heterocycles. The van der Waals surface area contributed by atoms with Gasteiger partial charge in [-0.25, -0.2) is 0 Å². The molecule has 1 aliphatic rings. The highest BCUT2D eigenvalue weighted by atomic mass is 19.4. The van der Waals surface area contributed by atoms with Gasteiger partial charge >= 0.3 is 6.18 Å². The SMILES string of the molecule is O=C(CCOCC(F)(F)F)N1CCC[C@H]1Cn1cccn1. The molecule has 5 nitrogen and oxygen atoms in total. The average Bonchev–Trinajstić information content (AvgIpc) is 3.05. The second kappa shape index (κ2) is 6.93. The highest BCUT2D eigenvalue weighted by Gasteiger charge is 2.30. The quantitative estimate of drug-likeness (QED) is 0.754. The minimum Gasteiger partial charge on any atom is -0.372 e. The van der Waals surface area contributed by atoms with Gasteiger partial charge < -0.3 is 9.64 Å². The molecule has 118 valence electrons. The van der Waals surface area contributed by atoms with E-state index < -0.39 is 12.8 Å². The van der Waals surface area contributed by atoms with Gasteiger partial charge in [0.25, 0.3) is 0 Å². The van der Waals surface area contributed by atoms with Crippen molar-refractivity contribution in [2.24, 2.45) is 0 Å². The van der Waals surface area contributed by atoms with E-state index in [9.17, 15) is 18.0 Å². The van der Waals surface area contributed by atoms with E-state index in [1.54, 1.807) is 15.8 Å². The van der Waals surface area contributed by atoms with Crippen molar-refractivity contribution in [3.63, 3.8) is 0 Å². The molecule has 0 aliphatic carbocycles. The molecule has 0 radical (unpaired) electrons. The van der Waals surface area contributed by atoms with E-state index in [1.165, 1.54) is 0 Å². The summed E-state index contributed by atoms with van der Waals surface area (Å²) in [5, 5.41) is 4.10. The molecule has 0 unspecified atom stereocenters. The molecule has 1 aromatic heterocycles. The van der Waals surface area contributed by atoms with Crippen LogP contribution in [-0.4, -0.2) is 52.6 Å². The number of rotatable bonds is 6. The lowest BCUT2D eigenvalue weighted by Gasteiger charge is -2.24. The van der Waals surface area contributed by atoms with Gasteiger partial charge in [-0.3, -0.25) is 9.48 Å². The topological polar surface area (TPSA) is 47.4 Å². The van der Waals surface area contributed by atoms with E-state index in [0.717, 1.165) is 12.8 Å². The molecule has 0 N–H and O–H groups in total. The molecule has 0 bridgehead atoms. The normalized spacial score (nSPS) is 19.2. The van der Waals surface area contributed by atoms with Gasteiger partial charge in [-0.15, -0.1) is 0 Å². The number of halogens is 3. The van der Waals surface area contributed by atoms with Crippen molar-refractivity contribution in [1.82, 2.24) is 14.7 Å². The van der Waals surface area contributed by atoms with Gasteiger partial charge in [0.1, 0.15) is 6.61 Å². The fourth-order valence-electron chi connectivity index (χ4n) is 2.47. The lowest BCUT2D eigenvalue weighted by Crippen LogP contribution is -2.38. The number of ether oxygens (including phenoxy) is 1. The number of carbonyl (C=O) groups is 1. The molecule has 1 fully saturated rings. The zero-order valence-electron chi connectivity index (χ0n) is 11.6.